The largest absolute Gasteiger partial charge is 0.300 e. The van der Waals surface area contributed by atoms with Crippen molar-refractivity contribution < 1.29 is 4.79 Å². The predicted octanol–water partition coefficient (Wildman–Crippen LogP) is 3.48. The highest BCUT2D eigenvalue weighted by Gasteiger charge is 1.62. The zero-order valence-electron chi connectivity index (χ0n) is 4.95. The van der Waals surface area contributed by atoms with Gasteiger partial charge in [-0.05, 0) is 13.8 Å². The van der Waals surface area contributed by atoms with Crippen LogP contribution in [0.25, 0.3) is 0 Å². The van der Waals surface area contributed by atoms with Crippen LogP contribution in [-0.4, -0.2) is 5.78 Å². The van der Waals surface area contributed by atoms with E-state index in [0.29, 0.717) is 0 Å². The molecule has 0 spiro atoms. The second-order valence-electron chi connectivity index (χ2n) is 0.908. The van der Waals surface area contributed by atoms with Crippen molar-refractivity contribution in [3.05, 3.63) is 0 Å². The van der Waals surface area contributed by atoms with E-state index in [2.05, 4.69) is 0 Å². The average Bonchev–Trinajstić information content (AvgIpc) is 0.811. The van der Waals surface area contributed by atoms with Crippen LogP contribution in [0.5, 0.6) is 0 Å². The number of hydrogen-bond acceptors (Lipinski definition) is 1. The molecule has 6 heteroatoms. The molecule has 0 rings (SSSR count). The zero-order chi connectivity index (χ0) is 3.58. The topological polar surface area (TPSA) is 17.1 Å². The molecule has 0 saturated carbocycles. The number of halogens is 5. The molecule has 0 fully saturated rings. The van der Waals surface area contributed by atoms with E-state index in [1.165, 1.54) is 13.8 Å². The Morgan fingerprint density at radius 3 is 0.778 bits per heavy atom. The van der Waals surface area contributed by atoms with Crippen LogP contribution in [0.3, 0.4) is 0 Å². The number of rotatable bonds is 0. The number of hydrogen-bond donors (Lipinski definition) is 0. The lowest BCUT2D eigenvalue weighted by molar-refractivity contribution is -0.114. The van der Waals surface area contributed by atoms with E-state index in [9.17, 15) is 4.79 Å². The molecular weight excluding hydrogens is 452 g/mol. The Kier molecular flexibility index (Phi) is 156. The van der Waals surface area contributed by atoms with Crippen molar-refractivity contribution in [2.75, 3.05) is 0 Å². The zero-order valence-corrected chi connectivity index (χ0v) is 13.5. The summed E-state index contributed by atoms with van der Waals surface area (Å²) in [5, 5.41) is 0. The van der Waals surface area contributed by atoms with Crippen LogP contribution in [-0.2, 0) is 4.79 Å². The van der Waals surface area contributed by atoms with Crippen molar-refractivity contribution in [2.24, 2.45) is 0 Å². The monoisotopic (exact) mass is 458 g/mol. The van der Waals surface area contributed by atoms with Gasteiger partial charge in [0.25, 0.3) is 0 Å². The third kappa shape index (κ3) is 153. The van der Waals surface area contributed by atoms with Gasteiger partial charge in [-0.1, -0.05) is 0 Å². The van der Waals surface area contributed by atoms with Crippen molar-refractivity contribution in [1.82, 2.24) is 0 Å². The maximum absolute atomic E-state index is 9.44. The highest BCUT2D eigenvalue weighted by atomic mass is 79.9. The van der Waals surface area contributed by atoms with E-state index in [4.69, 9.17) is 0 Å². The quantitative estimate of drug-likeness (QED) is 0.539. The van der Waals surface area contributed by atoms with Gasteiger partial charge in [0.1, 0.15) is 5.78 Å². The van der Waals surface area contributed by atoms with Gasteiger partial charge in [0.15, 0.2) is 0 Å². The minimum Gasteiger partial charge on any atom is -0.300 e. The molecule has 9 heavy (non-hydrogen) atoms. The van der Waals surface area contributed by atoms with Crippen molar-refractivity contribution in [1.29, 1.82) is 0 Å². The lowest BCUT2D eigenvalue weighted by Crippen LogP contribution is -1.69. The summed E-state index contributed by atoms with van der Waals surface area (Å²) in [5.41, 5.74) is 0. The van der Waals surface area contributed by atoms with Gasteiger partial charge in [-0.3, -0.25) is 0 Å². The summed E-state index contributed by atoms with van der Waals surface area (Å²) in [7, 11) is 0. The summed E-state index contributed by atoms with van der Waals surface area (Å²) in [5.74, 6) is 0.167. The maximum Gasteiger partial charge on any atom is 0.126 e. The first-order valence-electron chi connectivity index (χ1n) is 1.20. The van der Waals surface area contributed by atoms with E-state index in [-0.39, 0.29) is 90.7 Å². The first kappa shape index (κ1) is 43.7. The minimum absolute atomic E-state index is 0. The molecule has 0 amide bonds. The number of carbonyl (C=O) groups is 1. The molecule has 0 aromatic heterocycles. The molecule has 0 aromatic carbocycles. The molecule has 0 aliphatic heterocycles. The highest BCUT2D eigenvalue weighted by Crippen LogP contribution is 1.50. The summed E-state index contributed by atoms with van der Waals surface area (Å²) < 4.78 is 0. The maximum atomic E-state index is 9.44. The average molecular weight is 463 g/mol. The van der Waals surface area contributed by atoms with Crippen LogP contribution in [0, 0.1) is 0 Å². The summed E-state index contributed by atoms with van der Waals surface area (Å²) in [6.45, 7) is 3.06. The molecule has 0 saturated heterocycles. The third-order valence-corrected chi connectivity index (χ3v) is 0. The van der Waals surface area contributed by atoms with Crippen molar-refractivity contribution in [3.8, 4) is 0 Å². The summed E-state index contributed by atoms with van der Waals surface area (Å²) >= 11 is 0. The van der Waals surface area contributed by atoms with Crippen LogP contribution in [0.1, 0.15) is 13.8 Å². The van der Waals surface area contributed by atoms with E-state index >= 15 is 0 Å². The minimum atomic E-state index is 0. The van der Waals surface area contributed by atoms with Gasteiger partial charge in [0, 0.05) is 0 Å². The summed E-state index contributed by atoms with van der Waals surface area (Å²) in [4.78, 5) is 9.44. The van der Waals surface area contributed by atoms with Crippen LogP contribution in [0.2, 0.25) is 0 Å². The van der Waals surface area contributed by atoms with Gasteiger partial charge >= 0.3 is 0 Å². The van der Waals surface area contributed by atoms with Gasteiger partial charge < -0.3 is 4.79 Å². The Balaban J connectivity index is -0.00000000450. The SMILES string of the molecule is Br.Br.Br.Br.Br.CC(C)=O. The standard InChI is InChI=1S/C3H6O.5BrH/c1-3(2)4;;;;;/h1-2H3;5*1H. The molecule has 0 aliphatic rings. The lowest BCUT2D eigenvalue weighted by atomic mass is 10.6. The van der Waals surface area contributed by atoms with Crippen molar-refractivity contribution >= 4 is 90.7 Å². The molecule has 0 unspecified atom stereocenters. The molecule has 0 radical (unpaired) electrons. The van der Waals surface area contributed by atoms with Crippen LogP contribution in [0.4, 0.5) is 0 Å². The Labute approximate surface area is 108 Å². The molecule has 0 atom stereocenters. The second kappa shape index (κ2) is 32.2. The van der Waals surface area contributed by atoms with Gasteiger partial charge in [0.2, 0.25) is 0 Å². The number of ketones is 1. The van der Waals surface area contributed by atoms with Crippen LogP contribution in [0.15, 0.2) is 0 Å². The fraction of sp³-hybridized carbons (Fsp3) is 0.667. The normalized spacial score (nSPS) is 2.89. The highest BCUT2D eigenvalue weighted by molar-refractivity contribution is 8.93. The Morgan fingerprint density at radius 1 is 0.778 bits per heavy atom. The first-order valence-corrected chi connectivity index (χ1v) is 1.20. The fourth-order valence-corrected chi connectivity index (χ4v) is 0. The van der Waals surface area contributed by atoms with E-state index in [0.717, 1.165) is 0 Å². The Hall–Kier alpha value is 2.07. The number of Topliss-reactive ketones (excluding diaryl/α,β-unsaturated/α-hetero) is 1. The van der Waals surface area contributed by atoms with E-state index in [1.54, 1.807) is 0 Å². The van der Waals surface area contributed by atoms with Gasteiger partial charge in [-0.2, -0.15) is 0 Å². The molecule has 0 N–H and O–H groups in total. The van der Waals surface area contributed by atoms with E-state index < -0.39 is 0 Å². The molecular formula is C3H11Br5O. The molecule has 1 nitrogen and oxygen atoms in total. The van der Waals surface area contributed by atoms with Gasteiger partial charge in [-0.25, -0.2) is 0 Å². The van der Waals surface area contributed by atoms with Crippen molar-refractivity contribution in [2.45, 2.75) is 13.8 Å². The number of carbonyl (C=O) groups excluding carboxylic acids is 1. The summed E-state index contributed by atoms with van der Waals surface area (Å²) in [6, 6.07) is 0. The van der Waals surface area contributed by atoms with Gasteiger partial charge in [0.05, 0.1) is 0 Å². The lowest BCUT2D eigenvalue weighted by Gasteiger charge is -1.56. The van der Waals surface area contributed by atoms with Crippen LogP contribution >= 0.6 is 84.9 Å². The second-order valence-corrected chi connectivity index (χ2v) is 0.908. The third-order valence-electron chi connectivity index (χ3n) is 0. The smallest absolute Gasteiger partial charge is 0.126 e. The molecule has 64 valence electrons. The molecule has 0 aliphatic carbocycles. The van der Waals surface area contributed by atoms with Gasteiger partial charge in [-0.15, -0.1) is 84.9 Å². The first-order chi connectivity index (χ1) is 1.73. The molecule has 0 bridgehead atoms. The van der Waals surface area contributed by atoms with Crippen LogP contribution < -0.4 is 0 Å². The fourth-order valence-electron chi connectivity index (χ4n) is 0. The predicted molar refractivity (Wildman–Crippen MR) is 68.0 cm³/mol. The Morgan fingerprint density at radius 2 is 0.778 bits per heavy atom. The Bertz CT molecular complexity index is 35.2. The molecule has 0 aromatic rings. The van der Waals surface area contributed by atoms with E-state index in [1.807, 2.05) is 0 Å². The van der Waals surface area contributed by atoms with Crippen molar-refractivity contribution in [3.63, 3.8) is 0 Å². The molecule has 0 heterocycles. The summed E-state index contributed by atoms with van der Waals surface area (Å²) in [6.07, 6.45) is 0.